The average molecular weight is 318 g/mol. The van der Waals surface area contributed by atoms with E-state index in [4.69, 9.17) is 11.6 Å². The lowest BCUT2D eigenvalue weighted by atomic mass is 10.0. The van der Waals surface area contributed by atoms with E-state index in [0.717, 1.165) is 12.8 Å². The van der Waals surface area contributed by atoms with Crippen molar-refractivity contribution >= 4 is 27.4 Å². The first-order chi connectivity index (χ1) is 9.26. The third-order valence-corrected chi connectivity index (χ3v) is 5.39. The SMILES string of the molecule is CCNc1ncc(S(=O)(=O)NC(C)(C)C2CC2)cc1Cl. The summed E-state index contributed by atoms with van der Waals surface area (Å²) in [6.45, 7) is 6.41. The molecule has 1 aromatic rings. The molecule has 112 valence electrons. The minimum atomic E-state index is -3.60. The van der Waals surface area contributed by atoms with Gasteiger partial charge < -0.3 is 5.32 Å². The Morgan fingerprint density at radius 2 is 2.10 bits per heavy atom. The minimum absolute atomic E-state index is 0.0953. The van der Waals surface area contributed by atoms with Crippen LogP contribution in [0.2, 0.25) is 5.02 Å². The molecule has 2 rings (SSSR count). The van der Waals surface area contributed by atoms with Crippen molar-refractivity contribution in [2.45, 2.75) is 44.0 Å². The van der Waals surface area contributed by atoms with Gasteiger partial charge in [0, 0.05) is 18.3 Å². The van der Waals surface area contributed by atoms with Crippen LogP contribution in [0.4, 0.5) is 5.82 Å². The maximum Gasteiger partial charge on any atom is 0.242 e. The standard InChI is InChI=1S/C13H20ClN3O2S/c1-4-15-12-11(14)7-10(8-16-12)20(18,19)17-13(2,3)9-5-6-9/h7-9,17H,4-6H2,1-3H3,(H,15,16). The Balaban J connectivity index is 2.23. The number of sulfonamides is 1. The molecule has 5 nitrogen and oxygen atoms in total. The van der Waals surface area contributed by atoms with Crippen LogP contribution in [0.5, 0.6) is 0 Å². The number of pyridine rings is 1. The third-order valence-electron chi connectivity index (χ3n) is 3.47. The molecule has 1 fully saturated rings. The Labute approximate surface area is 125 Å². The maximum atomic E-state index is 12.4. The smallest absolute Gasteiger partial charge is 0.242 e. The molecular weight excluding hydrogens is 298 g/mol. The molecule has 0 unspecified atom stereocenters. The quantitative estimate of drug-likeness (QED) is 0.846. The Morgan fingerprint density at radius 1 is 1.45 bits per heavy atom. The Kier molecular flexibility index (Phi) is 4.27. The number of rotatable bonds is 6. The van der Waals surface area contributed by atoms with Gasteiger partial charge in [0.25, 0.3) is 0 Å². The molecule has 0 bridgehead atoms. The molecule has 20 heavy (non-hydrogen) atoms. The summed E-state index contributed by atoms with van der Waals surface area (Å²) in [5.41, 5.74) is -0.439. The van der Waals surface area contributed by atoms with Crippen LogP contribution in [-0.2, 0) is 10.0 Å². The van der Waals surface area contributed by atoms with Crippen LogP contribution in [0, 0.1) is 5.92 Å². The summed E-state index contributed by atoms with van der Waals surface area (Å²) in [7, 11) is -3.60. The molecule has 1 saturated carbocycles. The summed E-state index contributed by atoms with van der Waals surface area (Å²) in [4.78, 5) is 4.16. The summed E-state index contributed by atoms with van der Waals surface area (Å²) in [6.07, 6.45) is 3.46. The van der Waals surface area contributed by atoms with Crippen molar-refractivity contribution in [1.29, 1.82) is 0 Å². The fraction of sp³-hybridized carbons (Fsp3) is 0.615. The van der Waals surface area contributed by atoms with Gasteiger partial charge in [-0.2, -0.15) is 0 Å². The van der Waals surface area contributed by atoms with Gasteiger partial charge in [0.15, 0.2) is 0 Å². The summed E-state index contributed by atoms with van der Waals surface area (Å²) in [6, 6.07) is 1.43. The van der Waals surface area contributed by atoms with E-state index in [1.807, 2.05) is 20.8 Å². The van der Waals surface area contributed by atoms with Gasteiger partial charge in [-0.05, 0) is 45.6 Å². The number of aromatic nitrogens is 1. The minimum Gasteiger partial charge on any atom is -0.369 e. The Hall–Kier alpha value is -0.850. The largest absolute Gasteiger partial charge is 0.369 e. The van der Waals surface area contributed by atoms with Crippen LogP contribution in [0.25, 0.3) is 0 Å². The third kappa shape index (κ3) is 3.42. The first kappa shape index (κ1) is 15.5. The number of halogens is 1. The molecule has 0 spiro atoms. The van der Waals surface area contributed by atoms with Gasteiger partial charge in [0.05, 0.1) is 5.02 Å². The van der Waals surface area contributed by atoms with Crippen molar-refractivity contribution in [2.24, 2.45) is 5.92 Å². The lowest BCUT2D eigenvalue weighted by Crippen LogP contribution is -2.45. The molecule has 1 aliphatic carbocycles. The van der Waals surface area contributed by atoms with E-state index in [0.29, 0.717) is 23.3 Å². The monoisotopic (exact) mass is 317 g/mol. The van der Waals surface area contributed by atoms with Crippen molar-refractivity contribution in [3.8, 4) is 0 Å². The topological polar surface area (TPSA) is 71.1 Å². The number of nitrogens with zero attached hydrogens (tertiary/aromatic N) is 1. The van der Waals surface area contributed by atoms with E-state index in [2.05, 4.69) is 15.0 Å². The summed E-state index contributed by atoms with van der Waals surface area (Å²) in [5.74, 6) is 0.899. The van der Waals surface area contributed by atoms with Crippen LogP contribution in [0.1, 0.15) is 33.6 Å². The summed E-state index contributed by atoms with van der Waals surface area (Å²) in [5, 5.41) is 3.28. The number of nitrogens with one attached hydrogen (secondary N) is 2. The molecular formula is C13H20ClN3O2S. The Morgan fingerprint density at radius 3 is 2.60 bits per heavy atom. The van der Waals surface area contributed by atoms with Crippen molar-refractivity contribution in [3.05, 3.63) is 17.3 Å². The maximum absolute atomic E-state index is 12.4. The van der Waals surface area contributed by atoms with Gasteiger partial charge in [-0.3, -0.25) is 0 Å². The van der Waals surface area contributed by atoms with E-state index in [1.165, 1.54) is 12.3 Å². The highest BCUT2D eigenvalue weighted by Crippen LogP contribution is 2.40. The Bertz CT molecular complexity index is 598. The highest BCUT2D eigenvalue weighted by atomic mass is 35.5. The zero-order valence-electron chi connectivity index (χ0n) is 11.9. The van der Waals surface area contributed by atoms with E-state index in [-0.39, 0.29) is 4.90 Å². The van der Waals surface area contributed by atoms with Crippen molar-refractivity contribution in [3.63, 3.8) is 0 Å². The van der Waals surface area contributed by atoms with Crippen molar-refractivity contribution in [1.82, 2.24) is 9.71 Å². The normalized spacial score (nSPS) is 16.2. The molecule has 0 radical (unpaired) electrons. The highest BCUT2D eigenvalue weighted by molar-refractivity contribution is 7.89. The number of hydrogen-bond acceptors (Lipinski definition) is 4. The van der Waals surface area contributed by atoms with E-state index >= 15 is 0 Å². The average Bonchev–Trinajstić information content (AvgIpc) is 3.14. The van der Waals surface area contributed by atoms with Gasteiger partial charge in [0.2, 0.25) is 10.0 Å². The zero-order chi connectivity index (χ0) is 15.0. The molecule has 0 amide bonds. The van der Waals surface area contributed by atoms with E-state index in [9.17, 15) is 8.42 Å². The van der Waals surface area contributed by atoms with E-state index < -0.39 is 15.6 Å². The van der Waals surface area contributed by atoms with Gasteiger partial charge in [-0.15, -0.1) is 0 Å². The lowest BCUT2D eigenvalue weighted by Gasteiger charge is -2.25. The fourth-order valence-electron chi connectivity index (χ4n) is 2.16. The van der Waals surface area contributed by atoms with Gasteiger partial charge >= 0.3 is 0 Å². The molecule has 1 aliphatic rings. The van der Waals surface area contributed by atoms with E-state index in [1.54, 1.807) is 0 Å². The molecule has 2 N–H and O–H groups in total. The highest BCUT2D eigenvalue weighted by Gasteiger charge is 2.40. The fourth-order valence-corrected chi connectivity index (χ4v) is 3.90. The van der Waals surface area contributed by atoms with Crippen molar-refractivity contribution in [2.75, 3.05) is 11.9 Å². The van der Waals surface area contributed by atoms with Crippen LogP contribution in [0.3, 0.4) is 0 Å². The van der Waals surface area contributed by atoms with Crippen LogP contribution in [-0.4, -0.2) is 25.5 Å². The second-order valence-corrected chi connectivity index (χ2v) is 7.72. The lowest BCUT2D eigenvalue weighted by molar-refractivity contribution is 0.400. The molecule has 1 heterocycles. The summed E-state index contributed by atoms with van der Waals surface area (Å²) < 4.78 is 27.5. The molecule has 7 heteroatoms. The molecule has 0 aliphatic heterocycles. The predicted molar refractivity (Wildman–Crippen MR) is 80.5 cm³/mol. The molecule has 1 aromatic heterocycles. The van der Waals surface area contributed by atoms with Crippen LogP contribution >= 0.6 is 11.6 Å². The molecule has 0 saturated heterocycles. The van der Waals surface area contributed by atoms with Gasteiger partial charge in [-0.25, -0.2) is 18.1 Å². The number of anilines is 1. The van der Waals surface area contributed by atoms with Gasteiger partial charge in [0.1, 0.15) is 10.7 Å². The molecule has 0 atom stereocenters. The van der Waals surface area contributed by atoms with Crippen molar-refractivity contribution < 1.29 is 8.42 Å². The predicted octanol–water partition coefficient (Wildman–Crippen LogP) is 2.63. The number of hydrogen-bond donors (Lipinski definition) is 2. The van der Waals surface area contributed by atoms with Crippen LogP contribution < -0.4 is 10.0 Å². The second kappa shape index (κ2) is 5.50. The first-order valence-corrected chi connectivity index (χ1v) is 8.56. The first-order valence-electron chi connectivity index (χ1n) is 6.69. The van der Waals surface area contributed by atoms with Crippen LogP contribution in [0.15, 0.2) is 17.2 Å². The summed E-state index contributed by atoms with van der Waals surface area (Å²) >= 11 is 6.04. The second-order valence-electron chi connectivity index (χ2n) is 5.63. The van der Waals surface area contributed by atoms with Gasteiger partial charge in [-0.1, -0.05) is 11.6 Å². The zero-order valence-corrected chi connectivity index (χ0v) is 13.5. The molecule has 0 aromatic carbocycles.